The van der Waals surface area contributed by atoms with E-state index in [2.05, 4.69) is 9.97 Å². The first-order valence-electron chi connectivity index (χ1n) is 8.95. The van der Waals surface area contributed by atoms with E-state index in [9.17, 15) is 9.59 Å². The van der Waals surface area contributed by atoms with E-state index in [1.54, 1.807) is 11.0 Å². The second-order valence-corrected chi connectivity index (χ2v) is 6.25. The summed E-state index contributed by atoms with van der Waals surface area (Å²) in [5, 5.41) is 0.557. The summed E-state index contributed by atoms with van der Waals surface area (Å²) in [5.41, 5.74) is 1.48. The normalized spacial score (nSPS) is 12.1. The van der Waals surface area contributed by atoms with Crippen LogP contribution in [0.3, 0.4) is 0 Å². The highest BCUT2D eigenvalue weighted by molar-refractivity contribution is 5.83. The summed E-state index contributed by atoms with van der Waals surface area (Å²) in [6.45, 7) is 4.80. The minimum absolute atomic E-state index is 0.0528. The third kappa shape index (κ3) is 3.67. The molecule has 0 aliphatic heterocycles. The van der Waals surface area contributed by atoms with Crippen molar-refractivity contribution in [3.8, 4) is 0 Å². The number of likely N-dealkylation sites (N-methyl/N-ethyl adjacent to an activating group) is 1. The molecule has 0 saturated heterocycles. The number of nitrogens with zero attached hydrogens (tertiary/aromatic N) is 2. The molecule has 0 saturated carbocycles. The maximum Gasteiger partial charge on any atom is 0.258 e. The van der Waals surface area contributed by atoms with Crippen molar-refractivity contribution in [2.24, 2.45) is 0 Å². The van der Waals surface area contributed by atoms with Crippen LogP contribution in [-0.4, -0.2) is 27.3 Å². The number of carbonyl (C=O) groups excluding carboxylic acids is 1. The molecule has 1 aromatic heterocycles. The predicted octanol–water partition coefficient (Wildman–Crippen LogP) is 3.47. The average molecular weight is 349 g/mol. The molecule has 0 bridgehead atoms. The number of hydrogen-bond acceptors (Lipinski definition) is 3. The molecule has 0 aliphatic rings. The highest BCUT2D eigenvalue weighted by Crippen LogP contribution is 2.22. The van der Waals surface area contributed by atoms with Crippen LogP contribution in [-0.2, 0) is 11.3 Å². The largest absolute Gasteiger partial charge is 0.335 e. The maximum atomic E-state index is 13.1. The highest BCUT2D eigenvalue weighted by Gasteiger charge is 2.24. The van der Waals surface area contributed by atoms with Gasteiger partial charge >= 0.3 is 0 Å². The molecule has 3 rings (SSSR count). The topological polar surface area (TPSA) is 66.1 Å². The van der Waals surface area contributed by atoms with Gasteiger partial charge in [0.15, 0.2) is 0 Å². The number of fused-ring (bicyclic) bond motifs is 1. The molecule has 1 unspecified atom stereocenters. The monoisotopic (exact) mass is 349 g/mol. The van der Waals surface area contributed by atoms with E-state index in [1.165, 1.54) is 0 Å². The number of benzene rings is 2. The van der Waals surface area contributed by atoms with E-state index >= 15 is 0 Å². The van der Waals surface area contributed by atoms with Crippen molar-refractivity contribution in [3.05, 3.63) is 76.3 Å². The van der Waals surface area contributed by atoms with Crippen LogP contribution in [0.25, 0.3) is 10.9 Å². The summed E-state index contributed by atoms with van der Waals surface area (Å²) in [6, 6.07) is 17.0. The van der Waals surface area contributed by atoms with E-state index in [0.717, 1.165) is 12.0 Å². The van der Waals surface area contributed by atoms with Gasteiger partial charge in [-0.05, 0) is 31.0 Å². The van der Waals surface area contributed by atoms with Gasteiger partial charge in [0.2, 0.25) is 5.91 Å². The number of para-hydroxylation sites is 1. The van der Waals surface area contributed by atoms with E-state index in [1.807, 2.05) is 62.4 Å². The lowest BCUT2D eigenvalue weighted by molar-refractivity contribution is -0.133. The van der Waals surface area contributed by atoms with Gasteiger partial charge in [-0.2, -0.15) is 0 Å². The smallest absolute Gasteiger partial charge is 0.258 e. The Bertz CT molecular complexity index is 950. The van der Waals surface area contributed by atoms with Gasteiger partial charge in [-0.15, -0.1) is 0 Å². The first kappa shape index (κ1) is 17.9. The third-order valence-electron chi connectivity index (χ3n) is 4.60. The zero-order valence-electron chi connectivity index (χ0n) is 15.1. The minimum Gasteiger partial charge on any atom is -0.335 e. The van der Waals surface area contributed by atoms with Gasteiger partial charge in [-0.1, -0.05) is 49.4 Å². The SMILES string of the molecule is CCC(C(=O)N(CC)Cc1nc2ccccc2c(=O)[nH]1)c1ccccc1. The van der Waals surface area contributed by atoms with Crippen LogP contribution >= 0.6 is 0 Å². The lowest BCUT2D eigenvalue weighted by Gasteiger charge is -2.25. The van der Waals surface area contributed by atoms with Crippen LogP contribution in [0.4, 0.5) is 0 Å². The average Bonchev–Trinajstić information content (AvgIpc) is 2.67. The van der Waals surface area contributed by atoms with Crippen LogP contribution in [0.15, 0.2) is 59.4 Å². The number of amides is 1. The van der Waals surface area contributed by atoms with E-state index < -0.39 is 0 Å². The number of aromatic nitrogens is 2. The fourth-order valence-corrected chi connectivity index (χ4v) is 3.19. The second kappa shape index (κ2) is 7.95. The molecule has 0 radical (unpaired) electrons. The molecule has 134 valence electrons. The summed E-state index contributed by atoms with van der Waals surface area (Å²) in [6.07, 6.45) is 0.723. The zero-order valence-corrected chi connectivity index (χ0v) is 15.1. The molecular weight excluding hydrogens is 326 g/mol. The van der Waals surface area contributed by atoms with E-state index in [-0.39, 0.29) is 17.4 Å². The summed E-state index contributed by atoms with van der Waals surface area (Å²) >= 11 is 0. The van der Waals surface area contributed by atoms with Crippen LogP contribution < -0.4 is 5.56 Å². The van der Waals surface area contributed by atoms with Crippen LogP contribution in [0.2, 0.25) is 0 Å². The Balaban J connectivity index is 1.87. The zero-order chi connectivity index (χ0) is 18.5. The number of rotatable bonds is 6. The van der Waals surface area contributed by atoms with Crippen LogP contribution in [0.5, 0.6) is 0 Å². The highest BCUT2D eigenvalue weighted by atomic mass is 16.2. The molecule has 5 nitrogen and oxygen atoms in total. The molecule has 0 fully saturated rings. The quantitative estimate of drug-likeness (QED) is 0.741. The molecule has 0 aliphatic carbocycles. The Morgan fingerprint density at radius 3 is 2.46 bits per heavy atom. The minimum atomic E-state index is -0.191. The summed E-state index contributed by atoms with van der Waals surface area (Å²) < 4.78 is 0. The molecule has 26 heavy (non-hydrogen) atoms. The van der Waals surface area contributed by atoms with Crippen molar-refractivity contribution >= 4 is 16.8 Å². The van der Waals surface area contributed by atoms with Gasteiger partial charge < -0.3 is 9.88 Å². The van der Waals surface area contributed by atoms with Crippen molar-refractivity contribution in [3.63, 3.8) is 0 Å². The maximum absolute atomic E-state index is 13.1. The van der Waals surface area contributed by atoms with Crippen LogP contribution in [0, 0.1) is 0 Å². The number of aromatic amines is 1. The Morgan fingerprint density at radius 2 is 1.77 bits per heavy atom. The lowest BCUT2D eigenvalue weighted by Crippen LogP contribution is -2.35. The Labute approximate surface area is 152 Å². The van der Waals surface area contributed by atoms with Crippen molar-refractivity contribution < 1.29 is 4.79 Å². The number of H-pyrrole nitrogens is 1. The Kier molecular flexibility index (Phi) is 5.46. The molecule has 3 aromatic rings. The summed E-state index contributed by atoms with van der Waals surface area (Å²) in [7, 11) is 0. The van der Waals surface area contributed by atoms with Crippen molar-refractivity contribution in [1.29, 1.82) is 0 Å². The fourth-order valence-electron chi connectivity index (χ4n) is 3.19. The van der Waals surface area contributed by atoms with Gasteiger partial charge in [-0.3, -0.25) is 9.59 Å². The van der Waals surface area contributed by atoms with Gasteiger partial charge in [0.05, 0.1) is 23.4 Å². The van der Waals surface area contributed by atoms with Gasteiger partial charge in [-0.25, -0.2) is 4.98 Å². The summed E-state index contributed by atoms with van der Waals surface area (Å²) in [5.74, 6) is 0.368. The van der Waals surface area contributed by atoms with Gasteiger partial charge in [0.25, 0.3) is 5.56 Å². The molecule has 1 heterocycles. The van der Waals surface area contributed by atoms with E-state index in [4.69, 9.17) is 0 Å². The van der Waals surface area contributed by atoms with Crippen LogP contribution in [0.1, 0.15) is 37.6 Å². The number of carbonyl (C=O) groups is 1. The standard InChI is InChI=1S/C21H23N3O2/c1-3-16(15-10-6-5-7-11-15)21(26)24(4-2)14-19-22-18-13-9-8-12-17(18)20(25)23-19/h5-13,16H,3-4,14H2,1-2H3,(H,22,23,25). The van der Waals surface area contributed by atoms with Gasteiger partial charge in [0.1, 0.15) is 5.82 Å². The molecule has 1 amide bonds. The van der Waals surface area contributed by atoms with Gasteiger partial charge in [0, 0.05) is 6.54 Å². The van der Waals surface area contributed by atoms with Crippen molar-refractivity contribution in [1.82, 2.24) is 14.9 Å². The third-order valence-corrected chi connectivity index (χ3v) is 4.60. The lowest BCUT2D eigenvalue weighted by atomic mass is 9.95. The summed E-state index contributed by atoms with van der Waals surface area (Å²) in [4.78, 5) is 34.4. The predicted molar refractivity (Wildman–Crippen MR) is 103 cm³/mol. The molecule has 1 atom stereocenters. The number of hydrogen-bond donors (Lipinski definition) is 1. The molecule has 5 heteroatoms. The number of nitrogens with one attached hydrogen (secondary N) is 1. The van der Waals surface area contributed by atoms with Crippen molar-refractivity contribution in [2.75, 3.05) is 6.54 Å². The molecule has 0 spiro atoms. The molecule has 2 aromatic carbocycles. The Hall–Kier alpha value is -2.95. The first-order valence-corrected chi connectivity index (χ1v) is 8.95. The van der Waals surface area contributed by atoms with E-state index in [0.29, 0.717) is 29.8 Å². The van der Waals surface area contributed by atoms with Crippen molar-refractivity contribution in [2.45, 2.75) is 32.7 Å². The molecule has 1 N–H and O–H groups in total. The molecular formula is C21H23N3O2. The Morgan fingerprint density at radius 1 is 1.08 bits per heavy atom. The first-order chi connectivity index (χ1) is 12.6. The fraction of sp³-hybridized carbons (Fsp3) is 0.286. The second-order valence-electron chi connectivity index (χ2n) is 6.25.